The van der Waals surface area contributed by atoms with Gasteiger partial charge in [0.25, 0.3) is 5.56 Å². The summed E-state index contributed by atoms with van der Waals surface area (Å²) in [5.74, 6) is -1.40. The van der Waals surface area contributed by atoms with E-state index in [1.54, 1.807) is 37.6 Å². The number of rotatable bonds is 7. The predicted octanol–water partition coefficient (Wildman–Crippen LogP) is 4.66. The maximum Gasteiger partial charge on any atom is 0.280 e. The largest absolute Gasteiger partial charge is 0.470 e. The SMILES string of the molecule is COC(C)(C)c1nccc(-c2ccc(C#N)c(-n3c(C)nc(OCc4ncc(F)cc4F)c(Cl)c3=O)c2)n1. The fourth-order valence-electron chi connectivity index (χ4n) is 3.52. The molecule has 0 bridgehead atoms. The van der Waals surface area contributed by atoms with Crippen LogP contribution in [0.25, 0.3) is 16.9 Å². The van der Waals surface area contributed by atoms with Crippen LogP contribution < -0.4 is 10.3 Å². The first-order valence-electron chi connectivity index (χ1n) is 11.2. The van der Waals surface area contributed by atoms with Gasteiger partial charge < -0.3 is 9.47 Å². The molecule has 0 aliphatic rings. The van der Waals surface area contributed by atoms with Crippen LogP contribution in [0.3, 0.4) is 0 Å². The van der Waals surface area contributed by atoms with Crippen LogP contribution in [0.15, 0.2) is 47.5 Å². The summed E-state index contributed by atoms with van der Waals surface area (Å²) >= 11 is 6.28. The molecule has 3 heterocycles. The summed E-state index contributed by atoms with van der Waals surface area (Å²) in [6.45, 7) is 4.75. The molecule has 38 heavy (non-hydrogen) atoms. The lowest BCUT2D eigenvalue weighted by molar-refractivity contribution is 0.0115. The molecule has 0 saturated heterocycles. The molecular formula is C26H21ClF2N6O3. The molecule has 0 unspecified atom stereocenters. The molecule has 4 rings (SSSR count). The molecule has 4 aromatic rings. The third-order valence-electron chi connectivity index (χ3n) is 5.75. The van der Waals surface area contributed by atoms with Crippen molar-refractivity contribution in [1.29, 1.82) is 5.26 Å². The molecule has 0 radical (unpaired) electrons. The van der Waals surface area contributed by atoms with E-state index in [0.717, 1.165) is 6.20 Å². The van der Waals surface area contributed by atoms with Crippen molar-refractivity contribution in [2.24, 2.45) is 0 Å². The minimum Gasteiger partial charge on any atom is -0.470 e. The van der Waals surface area contributed by atoms with Crippen LogP contribution in [0, 0.1) is 29.9 Å². The van der Waals surface area contributed by atoms with Crippen molar-refractivity contribution in [3.8, 4) is 28.9 Å². The lowest BCUT2D eigenvalue weighted by atomic mass is 10.1. The quantitative estimate of drug-likeness (QED) is 0.334. The zero-order valence-electron chi connectivity index (χ0n) is 20.8. The van der Waals surface area contributed by atoms with Crippen LogP contribution in [0.1, 0.15) is 36.8 Å². The molecule has 0 aliphatic carbocycles. The minimum atomic E-state index is -0.913. The molecule has 194 valence electrons. The number of nitrogens with zero attached hydrogens (tertiary/aromatic N) is 6. The summed E-state index contributed by atoms with van der Waals surface area (Å²) in [7, 11) is 1.56. The first-order valence-corrected chi connectivity index (χ1v) is 11.6. The van der Waals surface area contributed by atoms with E-state index in [2.05, 4.69) is 26.0 Å². The second-order valence-electron chi connectivity index (χ2n) is 8.61. The van der Waals surface area contributed by atoms with Crippen LogP contribution in [0.4, 0.5) is 8.78 Å². The molecule has 0 fully saturated rings. The van der Waals surface area contributed by atoms with Gasteiger partial charge in [0.05, 0.1) is 23.1 Å². The average Bonchev–Trinajstić information content (AvgIpc) is 2.90. The fourth-order valence-corrected chi connectivity index (χ4v) is 3.70. The Hall–Kier alpha value is -4.27. The molecule has 12 heteroatoms. The van der Waals surface area contributed by atoms with Crippen molar-refractivity contribution in [3.63, 3.8) is 0 Å². The van der Waals surface area contributed by atoms with Gasteiger partial charge in [0, 0.05) is 24.9 Å². The number of halogens is 3. The second kappa shape index (κ2) is 10.6. The van der Waals surface area contributed by atoms with E-state index in [1.165, 1.54) is 11.5 Å². The van der Waals surface area contributed by atoms with Crippen LogP contribution in [-0.4, -0.2) is 31.6 Å². The van der Waals surface area contributed by atoms with Gasteiger partial charge in [0.1, 0.15) is 35.6 Å². The zero-order chi connectivity index (χ0) is 27.6. The highest BCUT2D eigenvalue weighted by molar-refractivity contribution is 6.31. The van der Waals surface area contributed by atoms with Crippen LogP contribution >= 0.6 is 11.6 Å². The number of nitriles is 1. The zero-order valence-corrected chi connectivity index (χ0v) is 21.5. The molecule has 0 atom stereocenters. The van der Waals surface area contributed by atoms with Crippen molar-refractivity contribution in [1.82, 2.24) is 24.5 Å². The molecule has 0 saturated carbocycles. The monoisotopic (exact) mass is 538 g/mol. The number of aryl methyl sites for hydroxylation is 1. The van der Waals surface area contributed by atoms with Crippen LogP contribution in [0.5, 0.6) is 5.88 Å². The van der Waals surface area contributed by atoms with E-state index in [0.29, 0.717) is 23.1 Å². The van der Waals surface area contributed by atoms with E-state index in [9.17, 15) is 18.8 Å². The highest BCUT2D eigenvalue weighted by Crippen LogP contribution is 2.28. The maximum absolute atomic E-state index is 13.9. The number of benzene rings is 1. The normalized spacial score (nSPS) is 11.3. The first kappa shape index (κ1) is 26.8. The summed E-state index contributed by atoms with van der Waals surface area (Å²) in [4.78, 5) is 30.1. The third kappa shape index (κ3) is 5.22. The molecule has 0 spiro atoms. The Kier molecular flexibility index (Phi) is 7.48. The lowest BCUT2D eigenvalue weighted by Gasteiger charge is -2.21. The fraction of sp³-hybridized carbons (Fsp3) is 0.231. The summed E-state index contributed by atoms with van der Waals surface area (Å²) in [6, 6.07) is 9.30. The third-order valence-corrected chi connectivity index (χ3v) is 6.08. The van der Waals surface area contributed by atoms with E-state index >= 15 is 0 Å². The van der Waals surface area contributed by atoms with Crippen molar-refractivity contribution >= 4 is 11.6 Å². The molecular weight excluding hydrogens is 518 g/mol. The Bertz CT molecular complexity index is 1630. The Morgan fingerprint density at radius 2 is 1.92 bits per heavy atom. The highest BCUT2D eigenvalue weighted by Gasteiger charge is 2.24. The topological polar surface area (TPSA) is 116 Å². The highest BCUT2D eigenvalue weighted by atomic mass is 35.5. The van der Waals surface area contributed by atoms with Crippen LogP contribution in [0.2, 0.25) is 5.02 Å². The van der Waals surface area contributed by atoms with Gasteiger partial charge in [-0.1, -0.05) is 17.7 Å². The number of hydrogen-bond donors (Lipinski definition) is 0. The summed E-state index contributed by atoms with van der Waals surface area (Å²) < 4.78 is 39.1. The van der Waals surface area contributed by atoms with Gasteiger partial charge in [-0.05, 0) is 39.0 Å². The van der Waals surface area contributed by atoms with Gasteiger partial charge in [-0.3, -0.25) is 14.3 Å². The number of pyridine rings is 1. The Morgan fingerprint density at radius 3 is 2.61 bits per heavy atom. The van der Waals surface area contributed by atoms with Gasteiger partial charge in [-0.15, -0.1) is 0 Å². The van der Waals surface area contributed by atoms with Gasteiger partial charge in [0.2, 0.25) is 5.88 Å². The molecule has 3 aromatic heterocycles. The summed E-state index contributed by atoms with van der Waals surface area (Å²) in [5.41, 5.74) is -0.0656. The van der Waals surface area contributed by atoms with Gasteiger partial charge in [0.15, 0.2) is 16.7 Å². The van der Waals surface area contributed by atoms with Crippen LogP contribution in [-0.2, 0) is 16.9 Å². The van der Waals surface area contributed by atoms with Crippen molar-refractivity contribution in [2.75, 3.05) is 7.11 Å². The predicted molar refractivity (Wildman–Crippen MR) is 134 cm³/mol. The van der Waals surface area contributed by atoms with E-state index in [4.69, 9.17) is 21.1 Å². The minimum absolute atomic E-state index is 0.152. The Balaban J connectivity index is 1.75. The molecule has 1 aromatic carbocycles. The Morgan fingerprint density at radius 1 is 1.16 bits per heavy atom. The molecule has 9 nitrogen and oxygen atoms in total. The lowest BCUT2D eigenvalue weighted by Crippen LogP contribution is -2.24. The molecule has 0 N–H and O–H groups in total. The maximum atomic E-state index is 13.9. The van der Waals surface area contributed by atoms with Gasteiger partial charge >= 0.3 is 0 Å². The van der Waals surface area contributed by atoms with Gasteiger partial charge in [-0.25, -0.2) is 18.7 Å². The van der Waals surface area contributed by atoms with Gasteiger partial charge in [-0.2, -0.15) is 10.2 Å². The smallest absolute Gasteiger partial charge is 0.280 e. The summed E-state index contributed by atoms with van der Waals surface area (Å²) in [5, 5.41) is 9.34. The first-order chi connectivity index (χ1) is 18.1. The standard InChI is InChI=1S/C26H21ClF2N6O3/c1-14-33-23(38-13-20-18(29)10-17(28)12-32-20)22(27)24(36)35(14)21-9-15(5-6-16(21)11-30)19-7-8-31-25(34-19)26(2,3)37-4/h5-10,12H,13H2,1-4H3. The number of ether oxygens (including phenoxy) is 2. The molecule has 0 amide bonds. The van der Waals surface area contributed by atoms with Crippen molar-refractivity contribution in [3.05, 3.63) is 92.6 Å². The second-order valence-corrected chi connectivity index (χ2v) is 8.99. The van der Waals surface area contributed by atoms with E-state index < -0.39 is 34.4 Å². The number of hydrogen-bond acceptors (Lipinski definition) is 8. The number of aromatic nitrogens is 5. The van der Waals surface area contributed by atoms with Crippen molar-refractivity contribution < 1.29 is 18.3 Å². The number of methoxy groups -OCH3 is 1. The van der Waals surface area contributed by atoms with E-state index in [1.807, 2.05) is 13.8 Å². The average molecular weight is 539 g/mol. The molecule has 0 aliphatic heterocycles. The van der Waals surface area contributed by atoms with Crippen molar-refractivity contribution in [2.45, 2.75) is 33.0 Å². The summed E-state index contributed by atoms with van der Waals surface area (Å²) in [6.07, 6.45) is 2.43. The Labute approximate surface area is 221 Å². The van der Waals surface area contributed by atoms with E-state index in [-0.39, 0.29) is 28.6 Å².